The van der Waals surface area contributed by atoms with E-state index < -0.39 is 10.0 Å². The smallest absolute Gasteiger partial charge is 0.262 e. The van der Waals surface area contributed by atoms with Gasteiger partial charge in [0.15, 0.2) is 0 Å². The zero-order valence-electron chi connectivity index (χ0n) is 12.4. The predicted octanol–water partition coefficient (Wildman–Crippen LogP) is 2.59. The second-order valence-corrected chi connectivity index (χ2v) is 7.46. The van der Waals surface area contributed by atoms with Crippen LogP contribution < -0.4 is 10.5 Å². The van der Waals surface area contributed by atoms with Gasteiger partial charge < -0.3 is 5.32 Å². The second-order valence-electron chi connectivity index (χ2n) is 4.98. The molecular weight excluding hydrogens is 320 g/mol. The van der Waals surface area contributed by atoms with Crippen molar-refractivity contribution >= 4 is 27.3 Å². The molecule has 0 aliphatic carbocycles. The minimum Gasteiger partial charge on any atom is -0.345 e. The van der Waals surface area contributed by atoms with Crippen LogP contribution in [-0.4, -0.2) is 14.3 Å². The summed E-state index contributed by atoms with van der Waals surface area (Å²) >= 11 is 1.38. The summed E-state index contributed by atoms with van der Waals surface area (Å²) < 4.78 is 22.9. The molecule has 2 rings (SSSR count). The first-order valence-corrected chi connectivity index (χ1v) is 9.23. The Morgan fingerprint density at radius 1 is 1.36 bits per heavy atom. The number of hydrogen-bond acceptors (Lipinski definition) is 4. The molecule has 0 radical (unpaired) electrons. The Bertz CT molecular complexity index is 782. The van der Waals surface area contributed by atoms with Crippen LogP contribution in [0.15, 0.2) is 40.6 Å². The van der Waals surface area contributed by atoms with Gasteiger partial charge in [-0.2, -0.15) is 0 Å². The summed E-state index contributed by atoms with van der Waals surface area (Å²) in [6.07, 6.45) is 0.643. The monoisotopic (exact) mass is 338 g/mol. The topological polar surface area (TPSA) is 89.3 Å². The fraction of sp³-hybridized carbons (Fsp3) is 0.267. The van der Waals surface area contributed by atoms with Crippen LogP contribution in [0.4, 0.5) is 0 Å². The van der Waals surface area contributed by atoms with Crippen molar-refractivity contribution in [2.24, 2.45) is 5.14 Å². The lowest BCUT2D eigenvalue weighted by Crippen LogP contribution is -2.28. The number of rotatable bonds is 5. The van der Waals surface area contributed by atoms with E-state index in [2.05, 4.69) is 5.32 Å². The number of nitrogens with two attached hydrogens (primary N) is 1. The first kappa shape index (κ1) is 16.7. The van der Waals surface area contributed by atoms with E-state index in [4.69, 9.17) is 5.14 Å². The summed E-state index contributed by atoms with van der Waals surface area (Å²) in [5.74, 6) is -0.152. The normalized spacial score (nSPS) is 12.9. The number of benzene rings is 1. The summed E-state index contributed by atoms with van der Waals surface area (Å²) in [4.78, 5) is 13.0. The molecule has 1 amide bonds. The van der Waals surface area contributed by atoms with Crippen LogP contribution in [-0.2, 0) is 10.0 Å². The average molecular weight is 338 g/mol. The molecule has 1 aromatic heterocycles. The van der Waals surface area contributed by atoms with E-state index in [1.54, 1.807) is 12.1 Å². The van der Waals surface area contributed by atoms with Crippen molar-refractivity contribution in [1.82, 2.24) is 5.32 Å². The minimum absolute atomic E-state index is 0.0463. The number of amides is 1. The fourth-order valence-electron chi connectivity index (χ4n) is 2.16. The number of nitrogens with one attached hydrogen (secondary N) is 1. The van der Waals surface area contributed by atoms with Crippen LogP contribution in [0.25, 0.3) is 0 Å². The minimum atomic E-state index is -3.76. The van der Waals surface area contributed by atoms with Gasteiger partial charge in [0.05, 0.1) is 15.8 Å². The molecule has 0 unspecified atom stereocenters. The Balaban J connectivity index is 2.26. The van der Waals surface area contributed by atoms with Crippen molar-refractivity contribution < 1.29 is 13.2 Å². The van der Waals surface area contributed by atoms with Gasteiger partial charge in [-0.1, -0.05) is 19.1 Å². The van der Waals surface area contributed by atoms with Crippen molar-refractivity contribution in [3.63, 3.8) is 0 Å². The molecule has 7 heteroatoms. The molecule has 5 nitrogen and oxygen atoms in total. The van der Waals surface area contributed by atoms with Gasteiger partial charge in [-0.3, -0.25) is 4.79 Å². The number of carbonyl (C=O) groups excluding carboxylic acids is 1. The third-order valence-corrected chi connectivity index (χ3v) is 5.30. The van der Waals surface area contributed by atoms with E-state index >= 15 is 0 Å². The summed E-state index contributed by atoms with van der Waals surface area (Å²) in [6, 6.07) is 7.98. The van der Waals surface area contributed by atoms with Gasteiger partial charge in [0, 0.05) is 0 Å². The summed E-state index contributed by atoms with van der Waals surface area (Å²) in [5, 5.41) is 9.96. The standard InChI is InChI=1S/C15H18N2O3S2/c1-3-13(17-15(18)14-10(2)7-8-21-14)11-5-4-6-12(9-11)22(16,19)20/h4-9,13H,3H2,1-2H3,(H,17,18)(H2,16,19,20)/t13-/m1/s1. The third-order valence-electron chi connectivity index (χ3n) is 3.37. The van der Waals surface area contributed by atoms with Crippen molar-refractivity contribution in [2.75, 3.05) is 0 Å². The highest BCUT2D eigenvalue weighted by molar-refractivity contribution is 7.89. The van der Waals surface area contributed by atoms with E-state index in [9.17, 15) is 13.2 Å². The van der Waals surface area contributed by atoms with Crippen LogP contribution >= 0.6 is 11.3 Å². The van der Waals surface area contributed by atoms with Crippen LogP contribution in [0.2, 0.25) is 0 Å². The third kappa shape index (κ3) is 3.73. The molecule has 22 heavy (non-hydrogen) atoms. The lowest BCUT2D eigenvalue weighted by molar-refractivity contribution is 0.0939. The number of aryl methyl sites for hydroxylation is 1. The summed E-state index contributed by atoms with van der Waals surface area (Å²) in [6.45, 7) is 3.81. The molecule has 0 aliphatic heterocycles. The Hall–Kier alpha value is -1.70. The van der Waals surface area contributed by atoms with E-state index in [1.807, 2.05) is 25.3 Å². The molecule has 0 spiro atoms. The highest BCUT2D eigenvalue weighted by Crippen LogP contribution is 2.22. The van der Waals surface area contributed by atoms with Gasteiger partial charge in [-0.15, -0.1) is 11.3 Å². The molecule has 0 saturated heterocycles. The highest BCUT2D eigenvalue weighted by Gasteiger charge is 2.18. The summed E-state index contributed by atoms with van der Waals surface area (Å²) in [5.41, 5.74) is 1.65. The Morgan fingerprint density at radius 3 is 2.64 bits per heavy atom. The van der Waals surface area contributed by atoms with Crippen LogP contribution in [0.5, 0.6) is 0 Å². The van der Waals surface area contributed by atoms with Crippen molar-refractivity contribution in [2.45, 2.75) is 31.2 Å². The maximum Gasteiger partial charge on any atom is 0.262 e. The number of hydrogen-bond donors (Lipinski definition) is 2. The number of thiophene rings is 1. The summed E-state index contributed by atoms with van der Waals surface area (Å²) in [7, 11) is -3.76. The first-order chi connectivity index (χ1) is 10.3. The Kier molecular flexibility index (Phi) is 5.00. The quantitative estimate of drug-likeness (QED) is 0.878. The molecule has 1 aromatic carbocycles. The molecule has 3 N–H and O–H groups in total. The molecule has 0 bridgehead atoms. The average Bonchev–Trinajstić information content (AvgIpc) is 2.90. The maximum atomic E-state index is 12.3. The zero-order valence-corrected chi connectivity index (χ0v) is 14.0. The van der Waals surface area contributed by atoms with E-state index in [-0.39, 0.29) is 16.8 Å². The van der Waals surface area contributed by atoms with Crippen molar-refractivity contribution in [3.8, 4) is 0 Å². The molecule has 1 atom stereocenters. The lowest BCUT2D eigenvalue weighted by atomic mass is 10.0. The molecule has 0 aliphatic rings. The zero-order chi connectivity index (χ0) is 16.3. The van der Waals surface area contributed by atoms with Gasteiger partial charge in [-0.25, -0.2) is 13.6 Å². The molecule has 118 valence electrons. The van der Waals surface area contributed by atoms with Crippen LogP contribution in [0.1, 0.15) is 40.2 Å². The maximum absolute atomic E-state index is 12.3. The van der Waals surface area contributed by atoms with Crippen molar-refractivity contribution in [3.05, 3.63) is 51.7 Å². The van der Waals surface area contributed by atoms with E-state index in [0.717, 1.165) is 11.1 Å². The molecule has 2 aromatic rings. The van der Waals surface area contributed by atoms with Gasteiger partial charge in [0.1, 0.15) is 0 Å². The van der Waals surface area contributed by atoms with E-state index in [0.29, 0.717) is 11.3 Å². The van der Waals surface area contributed by atoms with E-state index in [1.165, 1.54) is 23.5 Å². The number of carbonyl (C=O) groups is 1. The van der Waals surface area contributed by atoms with Gasteiger partial charge in [-0.05, 0) is 48.1 Å². The number of primary sulfonamides is 1. The number of sulfonamides is 1. The molecule has 1 heterocycles. The molecular formula is C15H18N2O3S2. The highest BCUT2D eigenvalue weighted by atomic mass is 32.2. The first-order valence-electron chi connectivity index (χ1n) is 6.80. The lowest BCUT2D eigenvalue weighted by Gasteiger charge is -2.18. The van der Waals surface area contributed by atoms with Crippen molar-refractivity contribution in [1.29, 1.82) is 0 Å². The van der Waals surface area contributed by atoms with Crippen LogP contribution in [0.3, 0.4) is 0 Å². The van der Waals surface area contributed by atoms with Crippen LogP contribution in [0, 0.1) is 6.92 Å². The molecule has 0 fully saturated rings. The Labute approximate surface area is 134 Å². The van der Waals surface area contributed by atoms with Gasteiger partial charge in [0.25, 0.3) is 5.91 Å². The Morgan fingerprint density at radius 2 is 2.09 bits per heavy atom. The predicted molar refractivity (Wildman–Crippen MR) is 87.4 cm³/mol. The largest absolute Gasteiger partial charge is 0.345 e. The molecule has 0 saturated carbocycles. The van der Waals surface area contributed by atoms with Gasteiger partial charge in [0.2, 0.25) is 10.0 Å². The second kappa shape index (κ2) is 6.60. The fourth-order valence-corrected chi connectivity index (χ4v) is 3.56. The SMILES string of the molecule is CC[C@@H](NC(=O)c1sccc1C)c1cccc(S(N)(=O)=O)c1. The van der Waals surface area contributed by atoms with Gasteiger partial charge >= 0.3 is 0 Å².